The van der Waals surface area contributed by atoms with E-state index in [-0.39, 0.29) is 18.0 Å². The van der Waals surface area contributed by atoms with Crippen LogP contribution in [0.25, 0.3) is 21.2 Å². The van der Waals surface area contributed by atoms with E-state index in [1.54, 1.807) is 18.4 Å². The molecule has 0 bridgehead atoms. The zero-order valence-corrected chi connectivity index (χ0v) is 17.5. The van der Waals surface area contributed by atoms with Crippen molar-refractivity contribution in [3.63, 3.8) is 0 Å². The Bertz CT molecular complexity index is 1510. The minimum atomic E-state index is -0.421. The largest absolute Gasteiger partial charge is 0.467 e. The average Bonchev–Trinajstić information content (AvgIpc) is 3.60. The number of benzene rings is 1. The number of furan rings is 2. The van der Waals surface area contributed by atoms with Crippen molar-refractivity contribution in [3.8, 4) is 0 Å². The Balaban J connectivity index is 1.36. The van der Waals surface area contributed by atoms with Gasteiger partial charge in [0.2, 0.25) is 0 Å². The van der Waals surface area contributed by atoms with E-state index in [1.165, 1.54) is 27.2 Å². The number of fused-ring (bicyclic) bond motifs is 2. The maximum atomic E-state index is 13.3. The summed E-state index contributed by atoms with van der Waals surface area (Å²) in [6.07, 6.45) is 3.41. The van der Waals surface area contributed by atoms with Crippen molar-refractivity contribution in [1.29, 1.82) is 0 Å². The van der Waals surface area contributed by atoms with Crippen molar-refractivity contribution in [2.75, 3.05) is 0 Å². The number of para-hydroxylation sites is 1. The molecular formula is C23H16N4O4S. The highest BCUT2D eigenvalue weighted by molar-refractivity contribution is 7.17. The number of nitrogens with zero attached hydrogens (tertiary/aromatic N) is 4. The number of amides is 1. The number of carbonyl (C=O) groups excluding carboxylic acids is 1. The summed E-state index contributed by atoms with van der Waals surface area (Å²) >= 11 is 1.31. The molecule has 5 heterocycles. The second-order valence-corrected chi connectivity index (χ2v) is 8.40. The second kappa shape index (κ2) is 7.31. The molecule has 1 amide bonds. The molecule has 8 nitrogen and oxygen atoms in total. The lowest BCUT2D eigenvalue weighted by atomic mass is 10.1. The molecule has 1 aliphatic heterocycles. The Morgan fingerprint density at radius 3 is 2.94 bits per heavy atom. The molecule has 4 aromatic heterocycles. The molecule has 0 radical (unpaired) electrons. The Morgan fingerprint density at radius 2 is 2.09 bits per heavy atom. The van der Waals surface area contributed by atoms with Crippen LogP contribution in [0.3, 0.4) is 0 Å². The van der Waals surface area contributed by atoms with Crippen LogP contribution in [0, 0.1) is 0 Å². The summed E-state index contributed by atoms with van der Waals surface area (Å²) in [6, 6.07) is 14.6. The van der Waals surface area contributed by atoms with Crippen LogP contribution in [0.4, 0.5) is 0 Å². The van der Waals surface area contributed by atoms with Crippen LogP contribution in [0.1, 0.15) is 24.0 Å². The van der Waals surface area contributed by atoms with Crippen LogP contribution >= 0.6 is 11.3 Å². The van der Waals surface area contributed by atoms with E-state index >= 15 is 0 Å². The fourth-order valence-electron chi connectivity index (χ4n) is 3.93. The van der Waals surface area contributed by atoms with E-state index in [2.05, 4.69) is 10.1 Å². The van der Waals surface area contributed by atoms with Crippen molar-refractivity contribution in [2.45, 2.75) is 19.0 Å². The quantitative estimate of drug-likeness (QED) is 0.415. The van der Waals surface area contributed by atoms with Gasteiger partial charge >= 0.3 is 0 Å². The van der Waals surface area contributed by atoms with Gasteiger partial charge in [0.05, 0.1) is 18.1 Å². The number of carbonyl (C=O) groups is 1. The Morgan fingerprint density at radius 1 is 1.19 bits per heavy atom. The van der Waals surface area contributed by atoms with Crippen molar-refractivity contribution in [2.24, 2.45) is 5.10 Å². The van der Waals surface area contributed by atoms with Gasteiger partial charge in [0.15, 0.2) is 5.76 Å². The van der Waals surface area contributed by atoms with E-state index in [1.807, 2.05) is 41.8 Å². The van der Waals surface area contributed by atoms with Gasteiger partial charge in [-0.05, 0) is 35.7 Å². The molecule has 5 aromatic rings. The van der Waals surface area contributed by atoms with Gasteiger partial charge in [-0.1, -0.05) is 18.2 Å². The standard InChI is InChI=1S/C23H16N4O4S/c28-21(12-26-13-24-15-7-9-32-22(15)23(26)29)27-17(19-6-3-8-30-19)11-16(25-27)20-10-14-4-1-2-5-18(14)31-20/h1-10,13,17H,11-12H2/t17-/m0/s1. The average molecular weight is 444 g/mol. The van der Waals surface area contributed by atoms with Gasteiger partial charge in [0, 0.05) is 11.8 Å². The van der Waals surface area contributed by atoms with Gasteiger partial charge in [-0.15, -0.1) is 11.3 Å². The molecule has 6 rings (SSSR count). The van der Waals surface area contributed by atoms with E-state index in [0.29, 0.717) is 33.9 Å². The molecular weight excluding hydrogens is 428 g/mol. The Labute approximate surface area is 185 Å². The third kappa shape index (κ3) is 3.05. The van der Waals surface area contributed by atoms with Crippen LogP contribution in [0.2, 0.25) is 0 Å². The fourth-order valence-corrected chi connectivity index (χ4v) is 4.72. The van der Waals surface area contributed by atoms with Crippen LogP contribution in [0.5, 0.6) is 0 Å². The van der Waals surface area contributed by atoms with Crippen molar-refractivity contribution in [1.82, 2.24) is 14.6 Å². The third-order valence-corrected chi connectivity index (χ3v) is 6.38. The topological polar surface area (TPSA) is 93.8 Å². The highest BCUT2D eigenvalue weighted by atomic mass is 32.1. The fraction of sp³-hybridized carbons (Fsp3) is 0.130. The van der Waals surface area contributed by atoms with Gasteiger partial charge in [0.25, 0.3) is 11.5 Å². The maximum absolute atomic E-state index is 13.3. The lowest BCUT2D eigenvalue weighted by Crippen LogP contribution is -2.33. The van der Waals surface area contributed by atoms with Gasteiger partial charge in [-0.3, -0.25) is 14.2 Å². The predicted molar refractivity (Wildman–Crippen MR) is 120 cm³/mol. The number of hydrazone groups is 1. The molecule has 0 saturated heterocycles. The van der Waals surface area contributed by atoms with Crippen LogP contribution in [-0.4, -0.2) is 26.2 Å². The zero-order chi connectivity index (χ0) is 21.7. The number of hydrogen-bond acceptors (Lipinski definition) is 7. The summed E-state index contributed by atoms with van der Waals surface area (Å²) in [5, 5.41) is 8.74. The lowest BCUT2D eigenvalue weighted by molar-refractivity contribution is -0.134. The van der Waals surface area contributed by atoms with Crippen LogP contribution < -0.4 is 5.56 Å². The lowest BCUT2D eigenvalue weighted by Gasteiger charge is -2.20. The summed E-state index contributed by atoms with van der Waals surface area (Å²) < 4.78 is 13.4. The number of rotatable bonds is 4. The molecule has 0 saturated carbocycles. The first-order valence-electron chi connectivity index (χ1n) is 10.0. The summed E-state index contributed by atoms with van der Waals surface area (Å²) in [5.74, 6) is 0.890. The minimum Gasteiger partial charge on any atom is -0.467 e. The number of aromatic nitrogens is 2. The molecule has 32 heavy (non-hydrogen) atoms. The summed E-state index contributed by atoms with van der Waals surface area (Å²) in [7, 11) is 0. The van der Waals surface area contributed by atoms with Gasteiger partial charge in [-0.2, -0.15) is 5.10 Å². The summed E-state index contributed by atoms with van der Waals surface area (Å²) in [6.45, 7) is -0.173. The molecule has 0 aliphatic carbocycles. The minimum absolute atomic E-state index is 0.173. The Kier molecular flexibility index (Phi) is 4.29. The third-order valence-electron chi connectivity index (χ3n) is 5.49. The second-order valence-electron chi connectivity index (χ2n) is 7.48. The molecule has 1 aliphatic rings. The van der Waals surface area contributed by atoms with Crippen molar-refractivity contribution in [3.05, 3.63) is 88.4 Å². The van der Waals surface area contributed by atoms with E-state index in [9.17, 15) is 9.59 Å². The van der Waals surface area contributed by atoms with Gasteiger partial charge in [0.1, 0.15) is 34.3 Å². The molecule has 0 unspecified atom stereocenters. The predicted octanol–water partition coefficient (Wildman–Crippen LogP) is 4.18. The van der Waals surface area contributed by atoms with Gasteiger partial charge < -0.3 is 8.83 Å². The summed E-state index contributed by atoms with van der Waals surface area (Å²) in [5.41, 5.74) is 1.79. The van der Waals surface area contributed by atoms with Gasteiger partial charge in [-0.25, -0.2) is 9.99 Å². The molecule has 9 heteroatoms. The van der Waals surface area contributed by atoms with E-state index in [4.69, 9.17) is 8.83 Å². The normalized spacial score (nSPS) is 16.2. The molecule has 158 valence electrons. The SMILES string of the molecule is O=C(Cn1cnc2ccsc2c1=O)N1N=C(c2cc3ccccc3o2)C[C@H]1c1ccco1. The van der Waals surface area contributed by atoms with Crippen LogP contribution in [-0.2, 0) is 11.3 Å². The van der Waals surface area contributed by atoms with Crippen molar-refractivity contribution < 1.29 is 13.6 Å². The first-order chi connectivity index (χ1) is 15.7. The highest BCUT2D eigenvalue weighted by Crippen LogP contribution is 2.34. The highest BCUT2D eigenvalue weighted by Gasteiger charge is 2.36. The number of thiophene rings is 1. The van der Waals surface area contributed by atoms with E-state index < -0.39 is 6.04 Å². The molecule has 1 atom stereocenters. The monoisotopic (exact) mass is 444 g/mol. The maximum Gasteiger partial charge on any atom is 0.271 e. The smallest absolute Gasteiger partial charge is 0.271 e. The zero-order valence-electron chi connectivity index (χ0n) is 16.7. The Hall–Kier alpha value is -3.98. The van der Waals surface area contributed by atoms with Crippen molar-refractivity contribution >= 4 is 44.1 Å². The first kappa shape index (κ1) is 18.8. The molecule has 0 fully saturated rings. The first-order valence-corrected chi connectivity index (χ1v) is 10.9. The number of hydrogen-bond donors (Lipinski definition) is 0. The molecule has 0 spiro atoms. The van der Waals surface area contributed by atoms with E-state index in [0.717, 1.165) is 11.0 Å². The molecule has 1 aromatic carbocycles. The summed E-state index contributed by atoms with van der Waals surface area (Å²) in [4.78, 5) is 30.3. The van der Waals surface area contributed by atoms with Crippen LogP contribution in [0.15, 0.2) is 85.2 Å². The molecule has 0 N–H and O–H groups in total.